The number of carbonyl (C=O) groups excluding carboxylic acids is 1. The second kappa shape index (κ2) is 6.05. The van der Waals surface area contributed by atoms with E-state index < -0.39 is 5.91 Å². The molecule has 1 saturated heterocycles. The maximum Gasteiger partial charge on any atom is 0.252 e. The summed E-state index contributed by atoms with van der Waals surface area (Å²) in [6.07, 6.45) is 8.11. The molecule has 0 radical (unpaired) electrons. The molecule has 22 heavy (non-hydrogen) atoms. The van der Waals surface area contributed by atoms with E-state index in [0.717, 1.165) is 25.8 Å². The van der Waals surface area contributed by atoms with E-state index in [2.05, 4.69) is 24.8 Å². The Morgan fingerprint density at radius 3 is 2.73 bits per heavy atom. The monoisotopic (exact) mass is 298 g/mol. The first-order valence-corrected chi connectivity index (χ1v) is 7.34. The number of primary amides is 1. The Morgan fingerprint density at radius 1 is 1.27 bits per heavy atom. The van der Waals surface area contributed by atoms with E-state index in [1.165, 1.54) is 6.20 Å². The highest BCUT2D eigenvalue weighted by molar-refractivity contribution is 5.93. The van der Waals surface area contributed by atoms with Crippen molar-refractivity contribution in [2.24, 2.45) is 5.73 Å². The maximum absolute atomic E-state index is 11.3. The molecular weight excluding hydrogens is 280 g/mol. The van der Waals surface area contributed by atoms with Gasteiger partial charge in [-0.2, -0.15) is 0 Å². The van der Waals surface area contributed by atoms with Crippen LogP contribution in [0.25, 0.3) is 0 Å². The molecule has 3 rings (SSSR count). The number of hydrogen-bond donors (Lipinski definition) is 1. The van der Waals surface area contributed by atoms with E-state index in [1.54, 1.807) is 25.4 Å². The molecule has 1 atom stereocenters. The van der Waals surface area contributed by atoms with Crippen LogP contribution in [-0.2, 0) is 0 Å². The summed E-state index contributed by atoms with van der Waals surface area (Å²) in [5.41, 5.74) is 6.28. The van der Waals surface area contributed by atoms with Gasteiger partial charge in [-0.05, 0) is 32.3 Å². The molecule has 0 saturated carbocycles. The highest BCUT2D eigenvalue weighted by Crippen LogP contribution is 2.31. The molecule has 0 spiro atoms. The topological polar surface area (TPSA) is 97.9 Å². The number of aromatic nitrogens is 4. The van der Waals surface area contributed by atoms with Gasteiger partial charge in [-0.3, -0.25) is 4.79 Å². The van der Waals surface area contributed by atoms with Crippen molar-refractivity contribution in [1.29, 1.82) is 0 Å². The van der Waals surface area contributed by atoms with Crippen LogP contribution in [0.4, 0.5) is 5.95 Å². The Labute approximate surface area is 128 Å². The third-order valence-corrected chi connectivity index (χ3v) is 3.87. The zero-order valence-corrected chi connectivity index (χ0v) is 12.4. The molecule has 1 amide bonds. The van der Waals surface area contributed by atoms with Crippen LogP contribution < -0.4 is 10.6 Å². The molecule has 2 aromatic heterocycles. The van der Waals surface area contributed by atoms with E-state index in [0.29, 0.717) is 23.0 Å². The average molecular weight is 298 g/mol. The van der Waals surface area contributed by atoms with Crippen molar-refractivity contribution >= 4 is 11.9 Å². The number of rotatable bonds is 3. The molecule has 1 aliphatic rings. The molecule has 2 N–H and O–H groups in total. The predicted octanol–water partition coefficient (Wildman–Crippen LogP) is 1.41. The molecule has 7 nitrogen and oxygen atoms in total. The molecule has 2 aromatic rings. The summed E-state index contributed by atoms with van der Waals surface area (Å²) in [7, 11) is 0. The Morgan fingerprint density at radius 2 is 2.05 bits per heavy atom. The van der Waals surface area contributed by atoms with Gasteiger partial charge >= 0.3 is 0 Å². The van der Waals surface area contributed by atoms with Gasteiger partial charge in [0.2, 0.25) is 5.95 Å². The van der Waals surface area contributed by atoms with Gasteiger partial charge < -0.3 is 10.6 Å². The van der Waals surface area contributed by atoms with E-state index in [-0.39, 0.29) is 6.04 Å². The lowest BCUT2D eigenvalue weighted by atomic mass is 10.0. The minimum Gasteiger partial charge on any atom is -0.365 e. The van der Waals surface area contributed by atoms with E-state index >= 15 is 0 Å². The SMILES string of the molecule is Cc1nc([C@H]2CCCCN2c2ncccn2)ncc1C(N)=O. The van der Waals surface area contributed by atoms with Crippen molar-refractivity contribution < 1.29 is 4.79 Å². The second-order valence-corrected chi connectivity index (χ2v) is 5.35. The Hall–Kier alpha value is -2.57. The molecule has 114 valence electrons. The van der Waals surface area contributed by atoms with Crippen LogP contribution in [0.5, 0.6) is 0 Å². The first-order valence-electron chi connectivity index (χ1n) is 7.34. The fourth-order valence-electron chi connectivity index (χ4n) is 2.77. The summed E-state index contributed by atoms with van der Waals surface area (Å²) in [5.74, 6) is 0.873. The minimum atomic E-state index is -0.504. The lowest BCUT2D eigenvalue weighted by molar-refractivity contribution is 0.0999. The van der Waals surface area contributed by atoms with Gasteiger partial charge in [-0.25, -0.2) is 19.9 Å². The quantitative estimate of drug-likeness (QED) is 0.920. The predicted molar refractivity (Wildman–Crippen MR) is 81.3 cm³/mol. The second-order valence-electron chi connectivity index (χ2n) is 5.35. The molecule has 3 heterocycles. The summed E-state index contributed by atoms with van der Waals surface area (Å²) < 4.78 is 0. The van der Waals surface area contributed by atoms with E-state index in [1.807, 2.05) is 0 Å². The number of anilines is 1. The van der Waals surface area contributed by atoms with Crippen LogP contribution in [0.15, 0.2) is 24.7 Å². The number of aryl methyl sites for hydroxylation is 1. The van der Waals surface area contributed by atoms with E-state index in [4.69, 9.17) is 5.73 Å². The third-order valence-electron chi connectivity index (χ3n) is 3.87. The standard InChI is InChI=1S/C15H18N6O/c1-10-11(13(16)22)9-19-14(20-10)12-5-2-3-8-21(12)15-17-6-4-7-18-15/h4,6-7,9,12H,2-3,5,8H2,1H3,(H2,16,22)/t12-/m1/s1. The van der Waals surface area contributed by atoms with Crippen molar-refractivity contribution in [2.45, 2.75) is 32.2 Å². The summed E-state index contributed by atoms with van der Waals surface area (Å²) in [6.45, 7) is 2.64. The van der Waals surface area contributed by atoms with Gasteiger partial charge in [0.1, 0.15) is 0 Å². The van der Waals surface area contributed by atoms with Gasteiger partial charge in [0.15, 0.2) is 5.82 Å². The third kappa shape index (κ3) is 2.74. The number of carbonyl (C=O) groups is 1. The number of nitrogens with zero attached hydrogens (tertiary/aromatic N) is 5. The summed E-state index contributed by atoms with van der Waals surface area (Å²) in [6, 6.07) is 1.82. The number of hydrogen-bond acceptors (Lipinski definition) is 6. The zero-order valence-electron chi connectivity index (χ0n) is 12.4. The Balaban J connectivity index is 1.94. The maximum atomic E-state index is 11.3. The summed E-state index contributed by atoms with van der Waals surface area (Å²) >= 11 is 0. The fourth-order valence-corrected chi connectivity index (χ4v) is 2.77. The number of amides is 1. The average Bonchev–Trinajstić information content (AvgIpc) is 2.55. The molecule has 0 unspecified atom stereocenters. The van der Waals surface area contributed by atoms with Crippen LogP contribution >= 0.6 is 0 Å². The lowest BCUT2D eigenvalue weighted by Gasteiger charge is -2.34. The molecule has 0 aromatic carbocycles. The lowest BCUT2D eigenvalue weighted by Crippen LogP contribution is -2.36. The first kappa shape index (κ1) is 14.4. The van der Waals surface area contributed by atoms with Crippen LogP contribution in [0, 0.1) is 6.92 Å². The largest absolute Gasteiger partial charge is 0.365 e. The van der Waals surface area contributed by atoms with Crippen LogP contribution in [-0.4, -0.2) is 32.4 Å². The normalized spacial score (nSPS) is 18.2. The van der Waals surface area contributed by atoms with Gasteiger partial charge in [0.05, 0.1) is 17.3 Å². The van der Waals surface area contributed by atoms with Gasteiger partial charge in [-0.1, -0.05) is 0 Å². The molecular formula is C15H18N6O. The number of nitrogens with two attached hydrogens (primary N) is 1. The highest BCUT2D eigenvalue weighted by Gasteiger charge is 2.28. The van der Waals surface area contributed by atoms with Gasteiger partial charge in [0.25, 0.3) is 5.91 Å². The van der Waals surface area contributed by atoms with Gasteiger partial charge in [0, 0.05) is 25.1 Å². The Bertz CT molecular complexity index is 675. The van der Waals surface area contributed by atoms with Gasteiger partial charge in [-0.15, -0.1) is 0 Å². The van der Waals surface area contributed by atoms with Crippen LogP contribution in [0.1, 0.15) is 47.2 Å². The molecule has 0 bridgehead atoms. The molecule has 7 heteroatoms. The fraction of sp³-hybridized carbons (Fsp3) is 0.400. The molecule has 1 aliphatic heterocycles. The van der Waals surface area contributed by atoms with Crippen molar-refractivity contribution in [3.05, 3.63) is 41.7 Å². The number of piperidine rings is 1. The highest BCUT2D eigenvalue weighted by atomic mass is 16.1. The first-order chi connectivity index (χ1) is 10.7. The smallest absolute Gasteiger partial charge is 0.252 e. The molecule has 0 aliphatic carbocycles. The van der Waals surface area contributed by atoms with Crippen LogP contribution in [0.2, 0.25) is 0 Å². The zero-order chi connectivity index (χ0) is 15.5. The summed E-state index contributed by atoms with van der Waals surface area (Å²) in [5, 5.41) is 0. The summed E-state index contributed by atoms with van der Waals surface area (Å²) in [4.78, 5) is 30.9. The van der Waals surface area contributed by atoms with Crippen molar-refractivity contribution in [3.8, 4) is 0 Å². The van der Waals surface area contributed by atoms with E-state index in [9.17, 15) is 4.79 Å². The van der Waals surface area contributed by atoms with Crippen molar-refractivity contribution in [3.63, 3.8) is 0 Å². The van der Waals surface area contributed by atoms with Crippen LogP contribution in [0.3, 0.4) is 0 Å². The minimum absolute atomic E-state index is 0.0248. The Kier molecular flexibility index (Phi) is 3.95. The molecule has 1 fully saturated rings. The van der Waals surface area contributed by atoms with Crippen molar-refractivity contribution in [1.82, 2.24) is 19.9 Å². The van der Waals surface area contributed by atoms with Crippen molar-refractivity contribution in [2.75, 3.05) is 11.4 Å².